The van der Waals surface area contributed by atoms with Gasteiger partial charge in [0.2, 0.25) is 5.91 Å². The maximum Gasteiger partial charge on any atom is 0.236 e. The molecule has 0 bridgehead atoms. The molecule has 1 aromatic heterocycles. The summed E-state index contributed by atoms with van der Waals surface area (Å²) in [6.45, 7) is 1.90. The first-order valence-corrected chi connectivity index (χ1v) is 7.42. The van der Waals surface area contributed by atoms with Crippen LogP contribution in [0.25, 0.3) is 0 Å². The van der Waals surface area contributed by atoms with Gasteiger partial charge >= 0.3 is 0 Å². The van der Waals surface area contributed by atoms with Crippen molar-refractivity contribution in [1.29, 1.82) is 5.26 Å². The molecule has 0 saturated heterocycles. The van der Waals surface area contributed by atoms with Gasteiger partial charge in [-0.2, -0.15) is 17.0 Å². The molecule has 0 atom stereocenters. The third-order valence-electron chi connectivity index (χ3n) is 1.93. The molecule has 1 heterocycles. The highest BCUT2D eigenvalue weighted by molar-refractivity contribution is 7.99. The number of amides is 1. The summed E-state index contributed by atoms with van der Waals surface area (Å²) in [6, 6.07) is 2.11. The van der Waals surface area contributed by atoms with E-state index in [4.69, 9.17) is 5.26 Å². The van der Waals surface area contributed by atoms with Crippen molar-refractivity contribution in [3.8, 4) is 6.07 Å². The number of hydrogen-bond donors (Lipinski definition) is 1. The predicted octanol–water partition coefficient (Wildman–Crippen LogP) is 2.82. The number of anilines is 1. The zero-order valence-corrected chi connectivity index (χ0v) is 11.4. The standard InChI is InChI=1S/C11H15N3OS2/c1-9-7-17-11(13-9)14-10(15)8-16-6-4-2-3-5-12/h7H,2-4,6,8H2,1H3,(H,13,14,15). The second-order valence-corrected chi connectivity index (χ2v) is 5.47. The van der Waals surface area contributed by atoms with Crippen LogP contribution in [0.3, 0.4) is 0 Å². The van der Waals surface area contributed by atoms with Gasteiger partial charge in [0, 0.05) is 11.8 Å². The van der Waals surface area contributed by atoms with Crippen LogP contribution in [0.2, 0.25) is 0 Å². The first-order chi connectivity index (χ1) is 8.22. The van der Waals surface area contributed by atoms with Gasteiger partial charge in [0.05, 0.1) is 17.5 Å². The third-order valence-corrected chi connectivity index (χ3v) is 3.85. The maximum absolute atomic E-state index is 11.5. The fourth-order valence-corrected chi connectivity index (χ4v) is 2.65. The minimum atomic E-state index is -0.00960. The minimum absolute atomic E-state index is 0.00960. The number of thiazole rings is 1. The molecule has 0 fully saturated rings. The van der Waals surface area contributed by atoms with Crippen molar-refractivity contribution in [3.63, 3.8) is 0 Å². The molecule has 0 aliphatic rings. The van der Waals surface area contributed by atoms with E-state index in [1.54, 1.807) is 11.8 Å². The van der Waals surface area contributed by atoms with Crippen LogP contribution >= 0.6 is 23.1 Å². The van der Waals surface area contributed by atoms with Crippen LogP contribution in [0.4, 0.5) is 5.13 Å². The fraction of sp³-hybridized carbons (Fsp3) is 0.545. The molecular formula is C11H15N3OS2. The molecule has 0 aliphatic carbocycles. The van der Waals surface area contributed by atoms with E-state index in [0.717, 1.165) is 24.3 Å². The van der Waals surface area contributed by atoms with Crippen LogP contribution in [-0.2, 0) is 4.79 Å². The highest BCUT2D eigenvalue weighted by Crippen LogP contribution is 2.15. The lowest BCUT2D eigenvalue weighted by molar-refractivity contribution is -0.113. The number of nitrogens with zero attached hydrogens (tertiary/aromatic N) is 2. The largest absolute Gasteiger partial charge is 0.301 e. The summed E-state index contributed by atoms with van der Waals surface area (Å²) in [7, 11) is 0. The Bertz CT molecular complexity index is 398. The van der Waals surface area contributed by atoms with Gasteiger partial charge in [-0.25, -0.2) is 4.98 Å². The lowest BCUT2D eigenvalue weighted by Crippen LogP contribution is -2.14. The second kappa shape index (κ2) is 8.09. The van der Waals surface area contributed by atoms with Gasteiger partial charge in [-0.15, -0.1) is 11.3 Å². The molecule has 0 unspecified atom stereocenters. The van der Waals surface area contributed by atoms with E-state index in [9.17, 15) is 4.79 Å². The van der Waals surface area contributed by atoms with Crippen molar-refractivity contribution in [1.82, 2.24) is 4.98 Å². The highest BCUT2D eigenvalue weighted by Gasteiger charge is 2.04. The normalized spacial score (nSPS) is 9.88. The zero-order valence-electron chi connectivity index (χ0n) is 9.73. The van der Waals surface area contributed by atoms with Gasteiger partial charge in [0.25, 0.3) is 0 Å². The smallest absolute Gasteiger partial charge is 0.236 e. The van der Waals surface area contributed by atoms with Crippen LogP contribution in [0, 0.1) is 18.3 Å². The highest BCUT2D eigenvalue weighted by atomic mass is 32.2. The van der Waals surface area contributed by atoms with Gasteiger partial charge in [0.1, 0.15) is 0 Å². The number of hydrogen-bond acceptors (Lipinski definition) is 5. The first-order valence-electron chi connectivity index (χ1n) is 5.39. The summed E-state index contributed by atoms with van der Waals surface area (Å²) in [5.74, 6) is 1.36. The Morgan fingerprint density at radius 3 is 3.12 bits per heavy atom. The van der Waals surface area contributed by atoms with Gasteiger partial charge in [0.15, 0.2) is 5.13 Å². The number of aryl methyl sites for hydroxylation is 1. The molecule has 17 heavy (non-hydrogen) atoms. The molecule has 4 nitrogen and oxygen atoms in total. The van der Waals surface area contributed by atoms with Gasteiger partial charge in [-0.1, -0.05) is 0 Å². The Kier molecular flexibility index (Phi) is 6.67. The Hall–Kier alpha value is -1.06. The van der Waals surface area contributed by atoms with E-state index in [1.807, 2.05) is 12.3 Å². The Balaban J connectivity index is 2.08. The summed E-state index contributed by atoms with van der Waals surface area (Å²) < 4.78 is 0. The number of carbonyl (C=O) groups is 1. The number of thioether (sulfide) groups is 1. The van der Waals surface area contributed by atoms with Crippen molar-refractivity contribution in [2.45, 2.75) is 26.2 Å². The number of aromatic nitrogens is 1. The number of nitriles is 1. The summed E-state index contributed by atoms with van der Waals surface area (Å²) in [5, 5.41) is 13.7. The average Bonchev–Trinajstić information content (AvgIpc) is 2.69. The summed E-state index contributed by atoms with van der Waals surface area (Å²) in [5.41, 5.74) is 0.925. The summed E-state index contributed by atoms with van der Waals surface area (Å²) in [4.78, 5) is 15.7. The molecule has 0 saturated carbocycles. The van der Waals surface area contributed by atoms with E-state index in [-0.39, 0.29) is 5.91 Å². The third kappa shape index (κ3) is 6.29. The van der Waals surface area contributed by atoms with Crippen LogP contribution in [0.5, 0.6) is 0 Å². The summed E-state index contributed by atoms with van der Waals surface area (Å²) in [6.07, 6.45) is 2.50. The monoisotopic (exact) mass is 269 g/mol. The van der Waals surface area contributed by atoms with E-state index in [2.05, 4.69) is 16.4 Å². The first kappa shape index (κ1) is 14.0. The maximum atomic E-state index is 11.5. The van der Waals surface area contributed by atoms with E-state index in [0.29, 0.717) is 17.3 Å². The Morgan fingerprint density at radius 1 is 1.65 bits per heavy atom. The fourth-order valence-electron chi connectivity index (χ4n) is 1.14. The van der Waals surface area contributed by atoms with Gasteiger partial charge < -0.3 is 5.32 Å². The molecular weight excluding hydrogens is 254 g/mol. The average molecular weight is 269 g/mol. The molecule has 0 aromatic carbocycles. The number of nitrogens with one attached hydrogen (secondary N) is 1. The van der Waals surface area contributed by atoms with Crippen molar-refractivity contribution >= 4 is 34.1 Å². The van der Waals surface area contributed by atoms with Crippen LogP contribution < -0.4 is 5.32 Å². The predicted molar refractivity (Wildman–Crippen MR) is 72.3 cm³/mol. The van der Waals surface area contributed by atoms with Crippen LogP contribution in [0.15, 0.2) is 5.38 Å². The zero-order chi connectivity index (χ0) is 12.5. The quantitative estimate of drug-likeness (QED) is 0.773. The molecule has 0 radical (unpaired) electrons. The molecule has 92 valence electrons. The van der Waals surface area contributed by atoms with Crippen molar-refractivity contribution in [3.05, 3.63) is 11.1 Å². The lowest BCUT2D eigenvalue weighted by atomic mass is 10.3. The van der Waals surface area contributed by atoms with E-state index >= 15 is 0 Å². The van der Waals surface area contributed by atoms with Crippen molar-refractivity contribution in [2.75, 3.05) is 16.8 Å². The van der Waals surface area contributed by atoms with Gasteiger partial charge in [-0.3, -0.25) is 4.79 Å². The van der Waals surface area contributed by atoms with Crippen LogP contribution in [0.1, 0.15) is 25.0 Å². The summed E-state index contributed by atoms with van der Waals surface area (Å²) >= 11 is 3.03. The molecule has 1 rings (SSSR count). The van der Waals surface area contributed by atoms with E-state index < -0.39 is 0 Å². The number of carbonyl (C=O) groups excluding carboxylic acids is 1. The minimum Gasteiger partial charge on any atom is -0.301 e. The van der Waals surface area contributed by atoms with Gasteiger partial charge in [-0.05, 0) is 25.5 Å². The Labute approximate surface area is 109 Å². The molecule has 1 amide bonds. The SMILES string of the molecule is Cc1csc(NC(=O)CSCCCCC#N)n1. The topological polar surface area (TPSA) is 65.8 Å². The van der Waals surface area contributed by atoms with E-state index in [1.165, 1.54) is 11.3 Å². The molecule has 0 aliphatic heterocycles. The molecule has 1 aromatic rings. The number of unbranched alkanes of at least 4 members (excludes halogenated alkanes) is 2. The molecule has 6 heteroatoms. The molecule has 0 spiro atoms. The lowest BCUT2D eigenvalue weighted by Gasteiger charge is -2.01. The van der Waals surface area contributed by atoms with Crippen molar-refractivity contribution < 1.29 is 4.79 Å². The van der Waals surface area contributed by atoms with Crippen molar-refractivity contribution in [2.24, 2.45) is 0 Å². The Morgan fingerprint density at radius 2 is 2.47 bits per heavy atom. The number of rotatable bonds is 7. The second-order valence-electron chi connectivity index (χ2n) is 3.51. The van der Waals surface area contributed by atoms with Crippen LogP contribution in [-0.4, -0.2) is 22.4 Å². The molecule has 1 N–H and O–H groups in total.